The number of aromatic nitrogens is 3. The average molecular weight is 229 g/mol. The molecule has 5 heteroatoms. The molecule has 0 aliphatic carbocycles. The summed E-state index contributed by atoms with van der Waals surface area (Å²) in [6.07, 6.45) is 0.426. The van der Waals surface area contributed by atoms with E-state index in [1.54, 1.807) is 0 Å². The van der Waals surface area contributed by atoms with Crippen LogP contribution >= 0.6 is 0 Å². The molecule has 0 saturated carbocycles. The lowest BCUT2D eigenvalue weighted by Crippen LogP contribution is -2.14. The smallest absolute Gasteiger partial charge is 0.259 e. The van der Waals surface area contributed by atoms with Gasteiger partial charge in [0.1, 0.15) is 0 Å². The number of fused-ring (bicyclic) bond motifs is 3. The van der Waals surface area contributed by atoms with E-state index in [0.717, 1.165) is 11.0 Å². The van der Waals surface area contributed by atoms with Gasteiger partial charge in [-0.1, -0.05) is 12.1 Å². The summed E-state index contributed by atoms with van der Waals surface area (Å²) >= 11 is 0. The number of imidazole rings is 1. The molecule has 0 aliphatic rings. The first-order valence-corrected chi connectivity index (χ1v) is 5.40. The number of nitrogens with zero attached hydrogens (tertiary/aromatic N) is 2. The molecule has 0 aliphatic heterocycles. The summed E-state index contributed by atoms with van der Waals surface area (Å²) in [5.74, 6) is 0.516. The minimum absolute atomic E-state index is 0.00629. The molecule has 0 bridgehead atoms. The fraction of sp³-hybridized carbons (Fsp3) is 0.167. The zero-order valence-corrected chi connectivity index (χ0v) is 9.05. The topological polar surface area (TPSA) is 70.4 Å². The minimum Gasteiger partial charge on any atom is -0.396 e. The number of aliphatic hydroxyl groups is 1. The van der Waals surface area contributed by atoms with E-state index in [9.17, 15) is 4.79 Å². The maximum Gasteiger partial charge on any atom is 0.259 e. The van der Waals surface area contributed by atoms with Gasteiger partial charge in [-0.05, 0) is 12.1 Å². The predicted molar refractivity (Wildman–Crippen MR) is 64.1 cm³/mol. The van der Waals surface area contributed by atoms with E-state index in [4.69, 9.17) is 5.11 Å². The van der Waals surface area contributed by atoms with Crippen molar-refractivity contribution in [3.63, 3.8) is 0 Å². The molecule has 86 valence electrons. The van der Waals surface area contributed by atoms with E-state index >= 15 is 0 Å². The number of hydrogen-bond donors (Lipinski definition) is 2. The molecule has 3 rings (SSSR count). The second-order valence-electron chi connectivity index (χ2n) is 3.87. The van der Waals surface area contributed by atoms with Crippen molar-refractivity contribution in [2.75, 3.05) is 6.61 Å². The van der Waals surface area contributed by atoms with Crippen molar-refractivity contribution in [2.24, 2.45) is 0 Å². The van der Waals surface area contributed by atoms with E-state index in [-0.39, 0.29) is 12.2 Å². The summed E-state index contributed by atoms with van der Waals surface area (Å²) in [4.78, 5) is 19.4. The average Bonchev–Trinajstić information content (AvgIpc) is 2.67. The number of para-hydroxylation sites is 2. The highest BCUT2D eigenvalue weighted by Gasteiger charge is 2.07. The van der Waals surface area contributed by atoms with E-state index in [1.165, 1.54) is 10.5 Å². The van der Waals surface area contributed by atoms with Crippen LogP contribution in [0.15, 0.2) is 35.1 Å². The van der Waals surface area contributed by atoms with Crippen LogP contribution in [0.3, 0.4) is 0 Å². The Kier molecular flexibility index (Phi) is 2.19. The molecule has 0 amide bonds. The standard InChI is InChI=1S/C12H11N3O2/c16-6-5-8-7-11(17)15-10-4-2-1-3-9(10)14-12(15)13-8/h1-4,7,16H,5-6H2,(H,13,14). The number of aromatic amines is 1. The first kappa shape index (κ1) is 10.0. The predicted octanol–water partition coefficient (Wildman–Crippen LogP) is 0.711. The van der Waals surface area contributed by atoms with Crippen molar-refractivity contribution in [1.29, 1.82) is 0 Å². The summed E-state index contributed by atoms with van der Waals surface area (Å²) < 4.78 is 1.54. The van der Waals surface area contributed by atoms with Crippen molar-refractivity contribution in [1.82, 2.24) is 14.4 Å². The number of nitrogens with one attached hydrogen (secondary N) is 1. The minimum atomic E-state index is -0.129. The van der Waals surface area contributed by atoms with Crippen LogP contribution in [0.2, 0.25) is 0 Å². The van der Waals surface area contributed by atoms with Crippen molar-refractivity contribution >= 4 is 16.8 Å². The summed E-state index contributed by atoms with van der Waals surface area (Å²) in [5.41, 5.74) is 2.14. The summed E-state index contributed by atoms with van der Waals surface area (Å²) in [6.45, 7) is 0.00629. The first-order valence-electron chi connectivity index (χ1n) is 5.40. The fourth-order valence-electron chi connectivity index (χ4n) is 1.98. The van der Waals surface area contributed by atoms with E-state index in [0.29, 0.717) is 17.9 Å². The Morgan fingerprint density at radius 2 is 2.18 bits per heavy atom. The van der Waals surface area contributed by atoms with Crippen LogP contribution in [-0.2, 0) is 6.42 Å². The molecule has 0 unspecified atom stereocenters. The largest absolute Gasteiger partial charge is 0.396 e. The summed E-state index contributed by atoms with van der Waals surface area (Å²) in [6, 6.07) is 8.97. The molecule has 0 atom stereocenters. The number of benzene rings is 1. The number of aliphatic hydroxyl groups excluding tert-OH is 1. The van der Waals surface area contributed by atoms with Crippen LogP contribution in [-0.4, -0.2) is 26.1 Å². The lowest BCUT2D eigenvalue weighted by Gasteiger charge is -1.99. The maximum absolute atomic E-state index is 12.0. The van der Waals surface area contributed by atoms with Crippen molar-refractivity contribution in [2.45, 2.75) is 6.42 Å². The van der Waals surface area contributed by atoms with Gasteiger partial charge < -0.3 is 10.1 Å². The van der Waals surface area contributed by atoms with Crippen LogP contribution in [0.4, 0.5) is 0 Å². The zero-order chi connectivity index (χ0) is 11.8. The molecule has 0 spiro atoms. The van der Waals surface area contributed by atoms with Gasteiger partial charge in [0.15, 0.2) is 0 Å². The third-order valence-corrected chi connectivity index (χ3v) is 2.73. The number of rotatable bonds is 2. The third-order valence-electron chi connectivity index (χ3n) is 2.73. The third kappa shape index (κ3) is 1.52. The molecule has 2 N–H and O–H groups in total. The Morgan fingerprint density at radius 3 is 3.00 bits per heavy atom. The van der Waals surface area contributed by atoms with Crippen molar-refractivity contribution in [3.8, 4) is 0 Å². The van der Waals surface area contributed by atoms with E-state index < -0.39 is 0 Å². The second-order valence-corrected chi connectivity index (χ2v) is 3.87. The summed E-state index contributed by atoms with van der Waals surface area (Å²) in [5, 5.41) is 8.87. The van der Waals surface area contributed by atoms with Gasteiger partial charge in [-0.25, -0.2) is 9.38 Å². The van der Waals surface area contributed by atoms with Crippen LogP contribution in [0.25, 0.3) is 16.8 Å². The highest BCUT2D eigenvalue weighted by molar-refractivity contribution is 5.79. The highest BCUT2D eigenvalue weighted by atomic mass is 16.3. The Bertz CT molecular complexity index is 742. The lowest BCUT2D eigenvalue weighted by molar-refractivity contribution is 0.298. The molecule has 2 heterocycles. The van der Waals surface area contributed by atoms with Gasteiger partial charge >= 0.3 is 0 Å². The van der Waals surface area contributed by atoms with E-state index in [2.05, 4.69) is 9.97 Å². The SMILES string of the molecule is O=c1cc(CCO)[nH]c2nc3ccccc3n12. The lowest BCUT2D eigenvalue weighted by atomic mass is 10.3. The molecule has 0 radical (unpaired) electrons. The van der Waals surface area contributed by atoms with Gasteiger partial charge in [-0.3, -0.25) is 4.79 Å². The molecular weight excluding hydrogens is 218 g/mol. The molecule has 0 fully saturated rings. The van der Waals surface area contributed by atoms with E-state index in [1.807, 2.05) is 24.3 Å². The van der Waals surface area contributed by atoms with Crippen LogP contribution < -0.4 is 5.56 Å². The van der Waals surface area contributed by atoms with Gasteiger partial charge in [0.25, 0.3) is 5.56 Å². The quantitative estimate of drug-likeness (QED) is 0.680. The molecule has 0 saturated heterocycles. The zero-order valence-electron chi connectivity index (χ0n) is 9.05. The maximum atomic E-state index is 12.0. The summed E-state index contributed by atoms with van der Waals surface area (Å²) in [7, 11) is 0. The Labute approximate surface area is 96.4 Å². The molecule has 17 heavy (non-hydrogen) atoms. The molecule has 5 nitrogen and oxygen atoms in total. The fourth-order valence-corrected chi connectivity index (χ4v) is 1.98. The molecule has 2 aromatic heterocycles. The first-order chi connectivity index (χ1) is 8.29. The van der Waals surface area contributed by atoms with Crippen LogP contribution in [0.5, 0.6) is 0 Å². The van der Waals surface area contributed by atoms with Crippen molar-refractivity contribution < 1.29 is 5.11 Å². The van der Waals surface area contributed by atoms with Gasteiger partial charge in [-0.15, -0.1) is 0 Å². The molecule has 3 aromatic rings. The van der Waals surface area contributed by atoms with Gasteiger partial charge in [0, 0.05) is 24.8 Å². The molecule has 1 aromatic carbocycles. The normalized spacial score (nSPS) is 11.4. The Balaban J connectivity index is 2.40. The van der Waals surface area contributed by atoms with Gasteiger partial charge in [-0.2, -0.15) is 0 Å². The number of H-pyrrole nitrogens is 1. The monoisotopic (exact) mass is 229 g/mol. The number of hydrogen-bond acceptors (Lipinski definition) is 3. The van der Waals surface area contributed by atoms with Crippen LogP contribution in [0, 0.1) is 0 Å². The van der Waals surface area contributed by atoms with Crippen molar-refractivity contribution in [3.05, 3.63) is 46.4 Å². The van der Waals surface area contributed by atoms with Gasteiger partial charge in [0.05, 0.1) is 11.0 Å². The second kappa shape index (κ2) is 3.71. The molecular formula is C12H11N3O2. The van der Waals surface area contributed by atoms with Crippen LogP contribution in [0.1, 0.15) is 5.69 Å². The Hall–Kier alpha value is -2.14. The van der Waals surface area contributed by atoms with Gasteiger partial charge in [0.2, 0.25) is 5.78 Å². The Morgan fingerprint density at radius 1 is 1.35 bits per heavy atom. The highest BCUT2D eigenvalue weighted by Crippen LogP contribution is 2.12.